The molecule has 1 aromatic carbocycles. The molecule has 2 heterocycles. The van der Waals surface area contributed by atoms with Gasteiger partial charge in [0.2, 0.25) is 5.56 Å². The molecular formula is C22H28N6O. The molecule has 0 spiro atoms. The van der Waals surface area contributed by atoms with Gasteiger partial charge in [0, 0.05) is 39.4 Å². The van der Waals surface area contributed by atoms with Crippen LogP contribution in [-0.2, 0) is 13.1 Å². The number of benzene rings is 1. The van der Waals surface area contributed by atoms with Crippen molar-refractivity contribution < 1.29 is 0 Å². The summed E-state index contributed by atoms with van der Waals surface area (Å²) in [6, 6.07) is 15.4. The van der Waals surface area contributed by atoms with Crippen LogP contribution in [0.15, 0.2) is 70.7 Å². The van der Waals surface area contributed by atoms with Gasteiger partial charge < -0.3 is 19.8 Å². The molecule has 0 aliphatic carbocycles. The molecule has 0 radical (unpaired) electrons. The number of nitrogens with one attached hydrogen (secondary N) is 2. The lowest BCUT2D eigenvalue weighted by Gasteiger charge is -2.21. The van der Waals surface area contributed by atoms with Crippen molar-refractivity contribution >= 4 is 5.96 Å². The lowest BCUT2D eigenvalue weighted by molar-refractivity contribution is 0.461. The summed E-state index contributed by atoms with van der Waals surface area (Å²) in [5, 5.41) is 3.38. The van der Waals surface area contributed by atoms with Crippen LogP contribution in [0.3, 0.4) is 0 Å². The molecule has 0 atom stereocenters. The molecule has 29 heavy (non-hydrogen) atoms. The third-order valence-electron chi connectivity index (χ3n) is 4.68. The average Bonchev–Trinajstić information content (AvgIpc) is 3.21. The van der Waals surface area contributed by atoms with Gasteiger partial charge in [-0.3, -0.25) is 9.79 Å². The number of hydrogen-bond acceptors (Lipinski definition) is 3. The molecule has 7 heteroatoms. The highest BCUT2D eigenvalue weighted by Gasteiger charge is 2.09. The van der Waals surface area contributed by atoms with Crippen molar-refractivity contribution in [3.63, 3.8) is 0 Å². The van der Waals surface area contributed by atoms with E-state index < -0.39 is 0 Å². The van der Waals surface area contributed by atoms with Crippen molar-refractivity contribution in [2.24, 2.45) is 4.99 Å². The van der Waals surface area contributed by atoms with Gasteiger partial charge in [0.15, 0.2) is 5.96 Å². The number of aromatic nitrogens is 3. The van der Waals surface area contributed by atoms with E-state index in [4.69, 9.17) is 0 Å². The molecule has 0 bridgehead atoms. The topological polar surface area (TPSA) is 78.3 Å². The van der Waals surface area contributed by atoms with Gasteiger partial charge in [-0.05, 0) is 24.5 Å². The summed E-state index contributed by atoms with van der Waals surface area (Å²) in [6.07, 6.45) is 5.57. The van der Waals surface area contributed by atoms with E-state index >= 15 is 0 Å². The maximum absolute atomic E-state index is 11.7. The zero-order valence-electron chi connectivity index (χ0n) is 17.0. The number of aryl methyl sites for hydroxylation is 1. The van der Waals surface area contributed by atoms with E-state index in [1.165, 1.54) is 0 Å². The summed E-state index contributed by atoms with van der Waals surface area (Å²) >= 11 is 0. The predicted octanol–water partition coefficient (Wildman–Crippen LogP) is 2.73. The van der Waals surface area contributed by atoms with Gasteiger partial charge in [0.25, 0.3) is 0 Å². The summed E-state index contributed by atoms with van der Waals surface area (Å²) in [5.74, 6) is 1.71. The highest BCUT2D eigenvalue weighted by atomic mass is 16.1. The Hall–Kier alpha value is -3.35. The Bertz CT molecular complexity index is 976. The molecular weight excluding hydrogens is 364 g/mol. The normalized spacial score (nSPS) is 11.4. The Labute approximate surface area is 171 Å². The van der Waals surface area contributed by atoms with Crippen LogP contribution in [0.2, 0.25) is 0 Å². The molecule has 2 aromatic heterocycles. The van der Waals surface area contributed by atoms with Crippen molar-refractivity contribution in [1.29, 1.82) is 0 Å². The third-order valence-corrected chi connectivity index (χ3v) is 4.68. The molecule has 0 aliphatic rings. The first kappa shape index (κ1) is 20.4. The fourth-order valence-corrected chi connectivity index (χ4v) is 3.14. The number of hydrogen-bond donors (Lipinski definition) is 2. The van der Waals surface area contributed by atoms with Crippen molar-refractivity contribution in [3.05, 3.63) is 77.1 Å². The first-order valence-electron chi connectivity index (χ1n) is 9.84. The number of aliphatic imine (C=N–C) groups is 1. The number of aromatic amines is 1. The molecule has 3 rings (SSSR count). The van der Waals surface area contributed by atoms with Crippen LogP contribution in [-0.4, -0.2) is 46.0 Å². The minimum Gasteiger partial charge on any atom is -0.356 e. The fraction of sp³-hybridized carbons (Fsp3) is 0.318. The van der Waals surface area contributed by atoms with Crippen molar-refractivity contribution in [3.8, 4) is 11.3 Å². The highest BCUT2D eigenvalue weighted by Crippen LogP contribution is 2.16. The lowest BCUT2D eigenvalue weighted by atomic mass is 10.2. The number of guanidine groups is 1. The second-order valence-corrected chi connectivity index (χ2v) is 6.88. The fourth-order valence-electron chi connectivity index (χ4n) is 3.14. The lowest BCUT2D eigenvalue weighted by Crippen LogP contribution is -2.39. The summed E-state index contributed by atoms with van der Waals surface area (Å²) in [4.78, 5) is 26.0. The predicted molar refractivity (Wildman–Crippen MR) is 117 cm³/mol. The van der Waals surface area contributed by atoms with E-state index in [0.717, 1.165) is 49.0 Å². The molecule has 0 aliphatic heterocycles. The molecule has 2 N–H and O–H groups in total. The van der Waals surface area contributed by atoms with Crippen LogP contribution in [0, 0.1) is 0 Å². The van der Waals surface area contributed by atoms with E-state index in [0.29, 0.717) is 6.54 Å². The van der Waals surface area contributed by atoms with Crippen LogP contribution < -0.4 is 10.9 Å². The van der Waals surface area contributed by atoms with Crippen LogP contribution in [0.1, 0.15) is 18.7 Å². The number of pyridine rings is 1. The minimum atomic E-state index is 0.0457. The summed E-state index contributed by atoms with van der Waals surface area (Å²) in [6.45, 7) is 2.16. The number of rotatable bonds is 8. The second kappa shape index (κ2) is 10.3. The second-order valence-electron chi connectivity index (χ2n) is 6.88. The summed E-state index contributed by atoms with van der Waals surface area (Å²) in [5.41, 5.74) is 2.17. The molecule has 152 valence electrons. The summed E-state index contributed by atoms with van der Waals surface area (Å²) < 4.78 is 1.74. The van der Waals surface area contributed by atoms with E-state index in [2.05, 4.69) is 32.4 Å². The SMILES string of the molecule is CN=C(NCCCCn1ccccc1=O)N(C)Cc1ncc(-c2ccccc2)[nH]1. The van der Waals surface area contributed by atoms with Crippen LogP contribution in [0.5, 0.6) is 0 Å². The Balaban J connectivity index is 1.44. The van der Waals surface area contributed by atoms with E-state index in [1.54, 1.807) is 23.7 Å². The summed E-state index contributed by atoms with van der Waals surface area (Å²) in [7, 11) is 3.77. The van der Waals surface area contributed by atoms with Crippen LogP contribution >= 0.6 is 0 Å². The van der Waals surface area contributed by atoms with E-state index in [-0.39, 0.29) is 5.56 Å². The van der Waals surface area contributed by atoms with Crippen molar-refractivity contribution in [2.75, 3.05) is 20.6 Å². The monoisotopic (exact) mass is 392 g/mol. The van der Waals surface area contributed by atoms with Gasteiger partial charge in [-0.1, -0.05) is 36.4 Å². The minimum absolute atomic E-state index is 0.0457. The Morgan fingerprint density at radius 3 is 2.72 bits per heavy atom. The zero-order chi connectivity index (χ0) is 20.5. The largest absolute Gasteiger partial charge is 0.356 e. The third kappa shape index (κ3) is 5.81. The molecule has 0 saturated carbocycles. The smallest absolute Gasteiger partial charge is 0.250 e. The maximum atomic E-state index is 11.7. The molecule has 0 saturated heterocycles. The standard InChI is InChI=1S/C22H28N6O/c1-23-22(24-13-7-9-15-28-14-8-6-12-21(28)29)27(2)17-20-25-16-19(26-20)18-10-4-3-5-11-18/h3-6,8,10-12,14,16H,7,9,13,15,17H2,1-2H3,(H,23,24)(H,25,26). The zero-order valence-corrected chi connectivity index (χ0v) is 17.0. The van der Waals surface area contributed by atoms with E-state index in [9.17, 15) is 4.79 Å². The number of unbranched alkanes of at least 4 members (excludes halogenated alkanes) is 1. The number of H-pyrrole nitrogens is 1. The van der Waals surface area contributed by atoms with Gasteiger partial charge in [-0.15, -0.1) is 0 Å². The first-order valence-corrected chi connectivity index (χ1v) is 9.84. The Morgan fingerprint density at radius 2 is 1.97 bits per heavy atom. The molecule has 3 aromatic rings. The van der Waals surface area contributed by atoms with Crippen molar-refractivity contribution in [1.82, 2.24) is 24.8 Å². The van der Waals surface area contributed by atoms with E-state index in [1.807, 2.05) is 48.6 Å². The molecule has 0 fully saturated rings. The van der Waals surface area contributed by atoms with Gasteiger partial charge in [-0.2, -0.15) is 0 Å². The van der Waals surface area contributed by atoms with Gasteiger partial charge >= 0.3 is 0 Å². The number of nitrogens with zero attached hydrogens (tertiary/aromatic N) is 4. The quantitative estimate of drug-likeness (QED) is 0.351. The van der Waals surface area contributed by atoms with Crippen LogP contribution in [0.4, 0.5) is 0 Å². The highest BCUT2D eigenvalue weighted by molar-refractivity contribution is 5.79. The molecule has 0 amide bonds. The first-order chi connectivity index (χ1) is 14.2. The maximum Gasteiger partial charge on any atom is 0.250 e. The van der Waals surface area contributed by atoms with Gasteiger partial charge in [0.1, 0.15) is 5.82 Å². The van der Waals surface area contributed by atoms with Crippen molar-refractivity contribution in [2.45, 2.75) is 25.9 Å². The Morgan fingerprint density at radius 1 is 1.17 bits per heavy atom. The van der Waals surface area contributed by atoms with Crippen LogP contribution in [0.25, 0.3) is 11.3 Å². The van der Waals surface area contributed by atoms with Gasteiger partial charge in [0.05, 0.1) is 18.4 Å². The Kier molecular flexibility index (Phi) is 7.22. The number of imidazole rings is 1. The molecule has 0 unspecified atom stereocenters. The average molecular weight is 393 g/mol. The molecule has 7 nitrogen and oxygen atoms in total. The van der Waals surface area contributed by atoms with Gasteiger partial charge in [-0.25, -0.2) is 4.98 Å².